The molecule has 5 heteroatoms. The van der Waals surface area contributed by atoms with Crippen LogP contribution in [0.2, 0.25) is 0 Å². The number of ether oxygens (including phenoxy) is 1. The molecule has 1 rings (SSSR count). The molecule has 0 aromatic heterocycles. The number of hydrogen-bond acceptors (Lipinski definition) is 4. The molecular formula is C17H23FO4. The molecule has 1 N–H and O–H groups in total. The first-order valence-corrected chi connectivity index (χ1v) is 7.38. The van der Waals surface area contributed by atoms with E-state index >= 15 is 0 Å². The lowest BCUT2D eigenvalue weighted by Crippen LogP contribution is -2.30. The molecule has 0 fully saturated rings. The van der Waals surface area contributed by atoms with Gasteiger partial charge in [-0.1, -0.05) is 26.0 Å². The van der Waals surface area contributed by atoms with E-state index < -0.39 is 18.0 Å². The van der Waals surface area contributed by atoms with Crippen molar-refractivity contribution < 1.29 is 23.8 Å². The van der Waals surface area contributed by atoms with Gasteiger partial charge < -0.3 is 9.84 Å². The molecule has 0 aliphatic heterocycles. The van der Waals surface area contributed by atoms with Crippen molar-refractivity contribution in [2.45, 2.75) is 39.2 Å². The number of aliphatic hydroxyl groups excluding tert-OH is 1. The van der Waals surface area contributed by atoms with Crippen LogP contribution in [0.25, 0.3) is 0 Å². The Bertz CT molecular complexity index is 496. The van der Waals surface area contributed by atoms with Crippen molar-refractivity contribution in [1.82, 2.24) is 0 Å². The zero-order valence-electron chi connectivity index (χ0n) is 13.2. The summed E-state index contributed by atoms with van der Waals surface area (Å²) in [6, 6.07) is 5.92. The molecule has 1 aromatic carbocycles. The topological polar surface area (TPSA) is 63.6 Å². The van der Waals surface area contributed by atoms with Gasteiger partial charge in [-0.05, 0) is 36.5 Å². The summed E-state index contributed by atoms with van der Waals surface area (Å²) >= 11 is 0. The van der Waals surface area contributed by atoms with Crippen LogP contribution in [0, 0.1) is 17.7 Å². The second-order valence-electron chi connectivity index (χ2n) is 5.72. The minimum atomic E-state index is -0.900. The highest BCUT2D eigenvalue weighted by Crippen LogP contribution is 2.17. The molecule has 4 nitrogen and oxygen atoms in total. The molecule has 0 spiro atoms. The van der Waals surface area contributed by atoms with Crippen molar-refractivity contribution >= 4 is 11.8 Å². The molecule has 1 aromatic rings. The van der Waals surface area contributed by atoms with Crippen molar-refractivity contribution in [1.29, 1.82) is 0 Å². The molecule has 122 valence electrons. The van der Waals surface area contributed by atoms with E-state index in [1.54, 1.807) is 12.1 Å². The number of aliphatic hydroxyl groups is 1. The van der Waals surface area contributed by atoms with Gasteiger partial charge in [-0.2, -0.15) is 0 Å². The quantitative estimate of drug-likeness (QED) is 0.592. The van der Waals surface area contributed by atoms with Gasteiger partial charge in [-0.25, -0.2) is 4.39 Å². The minimum Gasteiger partial charge on any atom is -0.468 e. The third-order valence-corrected chi connectivity index (χ3v) is 3.69. The molecule has 0 heterocycles. The number of hydrogen-bond donors (Lipinski definition) is 1. The standard InChI is InChI=1S/C17H23FO4/c1-11(2)15(19)10-16(20)14(17(21)22-3)9-6-12-4-7-13(18)8-5-12/h4-5,7-8,11,14-15,19H,6,9-10H2,1-3H3. The molecule has 0 aliphatic carbocycles. The minimum absolute atomic E-state index is 0.0562. The zero-order valence-corrected chi connectivity index (χ0v) is 13.2. The number of aryl methyl sites for hydroxylation is 1. The van der Waals surface area contributed by atoms with Crippen LogP contribution in [0.1, 0.15) is 32.3 Å². The molecule has 2 atom stereocenters. The van der Waals surface area contributed by atoms with Crippen molar-refractivity contribution in [3.63, 3.8) is 0 Å². The van der Waals surface area contributed by atoms with E-state index in [0.29, 0.717) is 6.42 Å². The van der Waals surface area contributed by atoms with Gasteiger partial charge >= 0.3 is 5.97 Å². The van der Waals surface area contributed by atoms with E-state index in [1.165, 1.54) is 19.2 Å². The number of benzene rings is 1. The van der Waals surface area contributed by atoms with Crippen LogP contribution in [0.3, 0.4) is 0 Å². The van der Waals surface area contributed by atoms with Crippen LogP contribution in [-0.2, 0) is 20.7 Å². The van der Waals surface area contributed by atoms with Crippen LogP contribution in [0.5, 0.6) is 0 Å². The lowest BCUT2D eigenvalue weighted by atomic mass is 9.90. The van der Waals surface area contributed by atoms with E-state index in [1.807, 2.05) is 13.8 Å². The zero-order chi connectivity index (χ0) is 16.7. The lowest BCUT2D eigenvalue weighted by molar-refractivity contribution is -0.150. The second-order valence-corrected chi connectivity index (χ2v) is 5.72. The molecule has 22 heavy (non-hydrogen) atoms. The maximum atomic E-state index is 12.9. The molecule has 0 saturated heterocycles. The summed E-state index contributed by atoms with van der Waals surface area (Å²) in [5, 5.41) is 9.80. The number of esters is 1. The monoisotopic (exact) mass is 310 g/mol. The number of methoxy groups -OCH3 is 1. The van der Waals surface area contributed by atoms with E-state index in [-0.39, 0.29) is 30.4 Å². The van der Waals surface area contributed by atoms with Crippen molar-refractivity contribution in [2.75, 3.05) is 7.11 Å². The Balaban J connectivity index is 2.70. The number of carbonyl (C=O) groups excluding carboxylic acids is 2. The number of carbonyl (C=O) groups is 2. The first kappa shape index (κ1) is 18.3. The Morgan fingerprint density at radius 2 is 1.82 bits per heavy atom. The van der Waals surface area contributed by atoms with Gasteiger partial charge in [-0.3, -0.25) is 9.59 Å². The van der Waals surface area contributed by atoms with Crippen molar-refractivity contribution in [3.8, 4) is 0 Å². The van der Waals surface area contributed by atoms with Crippen LogP contribution in [0.4, 0.5) is 4.39 Å². The summed E-state index contributed by atoms with van der Waals surface area (Å²) in [6.07, 6.45) is -0.0997. The Labute approximate surface area is 130 Å². The molecule has 0 bridgehead atoms. The van der Waals surface area contributed by atoms with Crippen molar-refractivity contribution in [2.24, 2.45) is 11.8 Å². The molecule has 0 saturated carbocycles. The Kier molecular flexibility index (Phi) is 7.18. The normalized spacial score (nSPS) is 13.7. The molecule has 2 unspecified atom stereocenters. The fraction of sp³-hybridized carbons (Fsp3) is 0.529. The highest BCUT2D eigenvalue weighted by Gasteiger charge is 2.29. The smallest absolute Gasteiger partial charge is 0.316 e. The van der Waals surface area contributed by atoms with Gasteiger partial charge in [0.25, 0.3) is 0 Å². The van der Waals surface area contributed by atoms with Gasteiger partial charge in [0, 0.05) is 6.42 Å². The molecule has 0 radical (unpaired) electrons. The second kappa shape index (κ2) is 8.63. The van der Waals surface area contributed by atoms with Crippen LogP contribution >= 0.6 is 0 Å². The van der Waals surface area contributed by atoms with Gasteiger partial charge in [0.1, 0.15) is 17.5 Å². The Hall–Kier alpha value is -1.75. The summed E-state index contributed by atoms with van der Waals surface area (Å²) in [4.78, 5) is 24.0. The fourth-order valence-electron chi connectivity index (χ4n) is 2.10. The average Bonchev–Trinajstić information content (AvgIpc) is 2.48. The number of Topliss-reactive ketones (excluding diaryl/α,β-unsaturated/α-hetero) is 1. The summed E-state index contributed by atoms with van der Waals surface area (Å²) < 4.78 is 17.5. The predicted octanol–water partition coefficient (Wildman–Crippen LogP) is 2.52. The van der Waals surface area contributed by atoms with Gasteiger partial charge in [0.2, 0.25) is 0 Å². The first-order chi connectivity index (χ1) is 10.3. The van der Waals surface area contributed by atoms with E-state index in [2.05, 4.69) is 4.74 Å². The summed E-state index contributed by atoms with van der Waals surface area (Å²) in [5.74, 6) is -2.20. The Morgan fingerprint density at radius 1 is 1.23 bits per heavy atom. The SMILES string of the molecule is COC(=O)C(CCc1ccc(F)cc1)C(=O)CC(O)C(C)C. The lowest BCUT2D eigenvalue weighted by Gasteiger charge is -2.18. The number of rotatable bonds is 8. The van der Waals surface area contributed by atoms with Crippen molar-refractivity contribution in [3.05, 3.63) is 35.6 Å². The van der Waals surface area contributed by atoms with E-state index in [9.17, 15) is 19.1 Å². The molecule has 0 amide bonds. The number of ketones is 1. The Morgan fingerprint density at radius 3 is 2.32 bits per heavy atom. The van der Waals surface area contributed by atoms with E-state index in [0.717, 1.165) is 5.56 Å². The van der Waals surface area contributed by atoms with Gasteiger partial charge in [0.15, 0.2) is 0 Å². The highest BCUT2D eigenvalue weighted by molar-refractivity contribution is 5.99. The maximum Gasteiger partial charge on any atom is 0.316 e. The highest BCUT2D eigenvalue weighted by atomic mass is 19.1. The maximum absolute atomic E-state index is 12.9. The summed E-state index contributed by atoms with van der Waals surface area (Å²) in [7, 11) is 1.24. The molecule has 0 aliphatic rings. The number of halogens is 1. The third-order valence-electron chi connectivity index (χ3n) is 3.69. The summed E-state index contributed by atoms with van der Waals surface area (Å²) in [6.45, 7) is 3.62. The van der Waals surface area contributed by atoms with Crippen LogP contribution in [-0.4, -0.2) is 30.1 Å². The first-order valence-electron chi connectivity index (χ1n) is 7.38. The van der Waals surface area contributed by atoms with Crippen LogP contribution in [0.15, 0.2) is 24.3 Å². The van der Waals surface area contributed by atoms with Gasteiger partial charge in [0.05, 0.1) is 13.2 Å². The summed E-state index contributed by atoms with van der Waals surface area (Å²) in [5.41, 5.74) is 0.840. The largest absolute Gasteiger partial charge is 0.468 e. The fourth-order valence-corrected chi connectivity index (χ4v) is 2.10. The van der Waals surface area contributed by atoms with E-state index in [4.69, 9.17) is 0 Å². The molecular weight excluding hydrogens is 287 g/mol. The predicted molar refractivity (Wildman–Crippen MR) is 80.7 cm³/mol. The third kappa shape index (κ3) is 5.56. The van der Waals surface area contributed by atoms with Gasteiger partial charge in [-0.15, -0.1) is 0 Å². The van der Waals surface area contributed by atoms with Crippen LogP contribution < -0.4 is 0 Å². The average molecular weight is 310 g/mol.